The Morgan fingerprint density at radius 3 is 2.24 bits per heavy atom. The summed E-state index contributed by atoms with van der Waals surface area (Å²) in [5, 5.41) is 0. The Morgan fingerprint density at radius 2 is 1.57 bits per heavy atom. The minimum atomic E-state index is -0.132. The number of hydrogen-bond donors (Lipinski definition) is 0. The van der Waals surface area contributed by atoms with Gasteiger partial charge in [-0.25, -0.2) is 0 Å². The van der Waals surface area contributed by atoms with Crippen molar-refractivity contribution < 1.29 is 14.3 Å². The fourth-order valence-electron chi connectivity index (χ4n) is 3.59. The van der Waals surface area contributed by atoms with E-state index in [0.29, 0.717) is 13.2 Å². The Kier molecular flexibility index (Phi) is 6.52. The monoisotopic (exact) mass is 295 g/mol. The number of esters is 1. The lowest BCUT2D eigenvalue weighted by molar-refractivity contribution is -0.152. The Hall–Kier alpha value is -1.06. The molecule has 1 amide bonds. The number of ether oxygens (including phenoxy) is 1. The van der Waals surface area contributed by atoms with Gasteiger partial charge in [-0.05, 0) is 32.6 Å². The summed E-state index contributed by atoms with van der Waals surface area (Å²) in [6, 6.07) is 0. The molecule has 1 heterocycles. The van der Waals surface area contributed by atoms with Gasteiger partial charge in [-0.3, -0.25) is 9.59 Å². The van der Waals surface area contributed by atoms with E-state index in [9.17, 15) is 9.59 Å². The molecule has 1 saturated carbocycles. The first-order valence-corrected chi connectivity index (χ1v) is 8.67. The van der Waals surface area contributed by atoms with Crippen LogP contribution in [0.25, 0.3) is 0 Å². The molecule has 4 heteroatoms. The van der Waals surface area contributed by atoms with Gasteiger partial charge in [0.2, 0.25) is 5.91 Å². The molecule has 0 aromatic carbocycles. The first-order valence-electron chi connectivity index (χ1n) is 8.67. The van der Waals surface area contributed by atoms with Crippen LogP contribution in [0.5, 0.6) is 0 Å². The summed E-state index contributed by atoms with van der Waals surface area (Å²) in [6.45, 7) is 3.63. The summed E-state index contributed by atoms with van der Waals surface area (Å²) < 4.78 is 5.11. The standard InChI is InChI=1S/C17H29NO3/c1-2-21-17(20)15-11-8-12-18(13-15)16(19)14-9-6-4-3-5-7-10-14/h14-15H,2-13H2,1H3. The largest absolute Gasteiger partial charge is 0.466 e. The highest BCUT2D eigenvalue weighted by molar-refractivity contribution is 5.80. The molecule has 1 saturated heterocycles. The van der Waals surface area contributed by atoms with Crippen LogP contribution in [0.15, 0.2) is 0 Å². The van der Waals surface area contributed by atoms with Crippen molar-refractivity contribution in [3.05, 3.63) is 0 Å². The fourth-order valence-corrected chi connectivity index (χ4v) is 3.59. The minimum absolute atomic E-state index is 0.115. The summed E-state index contributed by atoms with van der Waals surface area (Å²) in [4.78, 5) is 26.5. The van der Waals surface area contributed by atoms with Gasteiger partial charge in [-0.15, -0.1) is 0 Å². The Labute approximate surface area is 128 Å². The number of carbonyl (C=O) groups is 2. The second-order valence-corrected chi connectivity index (χ2v) is 6.42. The number of piperidine rings is 1. The van der Waals surface area contributed by atoms with Gasteiger partial charge in [0.1, 0.15) is 0 Å². The van der Waals surface area contributed by atoms with Crippen LogP contribution in [0.1, 0.15) is 64.7 Å². The van der Waals surface area contributed by atoms with Crippen LogP contribution in [0.2, 0.25) is 0 Å². The highest BCUT2D eigenvalue weighted by Gasteiger charge is 2.32. The van der Waals surface area contributed by atoms with Crippen LogP contribution in [0, 0.1) is 11.8 Å². The molecule has 1 aliphatic carbocycles. The molecule has 1 unspecified atom stereocenters. The smallest absolute Gasteiger partial charge is 0.310 e. The number of rotatable bonds is 3. The summed E-state index contributed by atoms with van der Waals surface area (Å²) in [5.74, 6) is 0.223. The topological polar surface area (TPSA) is 46.6 Å². The molecular weight excluding hydrogens is 266 g/mol. The van der Waals surface area contributed by atoms with Crippen molar-refractivity contribution in [3.63, 3.8) is 0 Å². The molecule has 2 aliphatic rings. The average Bonchev–Trinajstić information content (AvgIpc) is 2.47. The maximum atomic E-state index is 12.7. The molecule has 0 N–H and O–H groups in total. The minimum Gasteiger partial charge on any atom is -0.466 e. The lowest BCUT2D eigenvalue weighted by Gasteiger charge is -2.34. The lowest BCUT2D eigenvalue weighted by Crippen LogP contribution is -2.45. The average molecular weight is 295 g/mol. The molecule has 0 bridgehead atoms. The van der Waals surface area contributed by atoms with E-state index in [1.807, 2.05) is 11.8 Å². The Morgan fingerprint density at radius 1 is 0.952 bits per heavy atom. The van der Waals surface area contributed by atoms with Crippen LogP contribution >= 0.6 is 0 Å². The molecule has 0 radical (unpaired) electrons. The van der Waals surface area contributed by atoms with E-state index < -0.39 is 0 Å². The van der Waals surface area contributed by atoms with Gasteiger partial charge in [-0.2, -0.15) is 0 Å². The Bertz CT molecular complexity index is 348. The number of nitrogens with zero attached hydrogens (tertiary/aromatic N) is 1. The predicted molar refractivity (Wildman–Crippen MR) is 81.7 cm³/mol. The molecule has 4 nitrogen and oxygen atoms in total. The van der Waals surface area contributed by atoms with Gasteiger partial charge in [0.25, 0.3) is 0 Å². The first kappa shape index (κ1) is 16.3. The normalized spacial score (nSPS) is 25.0. The van der Waals surface area contributed by atoms with E-state index in [2.05, 4.69) is 0 Å². The van der Waals surface area contributed by atoms with Crippen LogP contribution in [-0.4, -0.2) is 36.5 Å². The van der Waals surface area contributed by atoms with Crippen LogP contribution < -0.4 is 0 Å². The van der Waals surface area contributed by atoms with Gasteiger partial charge in [0.15, 0.2) is 0 Å². The zero-order valence-electron chi connectivity index (χ0n) is 13.3. The van der Waals surface area contributed by atoms with E-state index in [1.54, 1.807) is 0 Å². The third-order valence-electron chi connectivity index (χ3n) is 4.81. The molecule has 1 aliphatic heterocycles. The molecule has 2 rings (SSSR count). The van der Waals surface area contributed by atoms with E-state index in [4.69, 9.17) is 4.74 Å². The predicted octanol–water partition coefficient (Wildman–Crippen LogP) is 3.15. The molecule has 1 atom stereocenters. The number of carbonyl (C=O) groups excluding carboxylic acids is 2. The maximum absolute atomic E-state index is 12.7. The van der Waals surface area contributed by atoms with Crippen molar-refractivity contribution in [1.82, 2.24) is 4.90 Å². The molecule has 120 valence electrons. The highest BCUT2D eigenvalue weighted by Crippen LogP contribution is 2.26. The van der Waals surface area contributed by atoms with Gasteiger partial charge in [0.05, 0.1) is 12.5 Å². The van der Waals surface area contributed by atoms with Crippen molar-refractivity contribution in [3.8, 4) is 0 Å². The summed E-state index contributed by atoms with van der Waals surface area (Å²) >= 11 is 0. The quantitative estimate of drug-likeness (QED) is 0.751. The van der Waals surface area contributed by atoms with E-state index in [0.717, 1.165) is 32.2 Å². The maximum Gasteiger partial charge on any atom is 0.310 e. The molecule has 0 aromatic heterocycles. The SMILES string of the molecule is CCOC(=O)C1CCCN(C(=O)C2CCCCCCC2)C1. The zero-order chi connectivity index (χ0) is 15.1. The van der Waals surface area contributed by atoms with Crippen molar-refractivity contribution in [2.45, 2.75) is 64.7 Å². The number of amides is 1. The second kappa shape index (κ2) is 8.40. The molecule has 2 fully saturated rings. The van der Waals surface area contributed by atoms with E-state index in [-0.39, 0.29) is 23.7 Å². The number of hydrogen-bond acceptors (Lipinski definition) is 3. The van der Waals surface area contributed by atoms with E-state index >= 15 is 0 Å². The summed E-state index contributed by atoms with van der Waals surface area (Å²) in [5.41, 5.74) is 0. The Balaban J connectivity index is 1.89. The van der Waals surface area contributed by atoms with Crippen molar-refractivity contribution in [2.24, 2.45) is 11.8 Å². The van der Waals surface area contributed by atoms with Crippen molar-refractivity contribution in [2.75, 3.05) is 19.7 Å². The van der Waals surface area contributed by atoms with Crippen molar-refractivity contribution in [1.29, 1.82) is 0 Å². The highest BCUT2D eigenvalue weighted by atomic mass is 16.5. The zero-order valence-corrected chi connectivity index (χ0v) is 13.3. The van der Waals surface area contributed by atoms with Crippen molar-refractivity contribution >= 4 is 11.9 Å². The molecular formula is C17H29NO3. The molecule has 0 aromatic rings. The summed E-state index contributed by atoms with van der Waals surface area (Å²) in [6.07, 6.45) is 10.0. The second-order valence-electron chi connectivity index (χ2n) is 6.42. The van der Waals surface area contributed by atoms with Crippen LogP contribution in [0.3, 0.4) is 0 Å². The molecule has 0 spiro atoms. The van der Waals surface area contributed by atoms with Gasteiger partial charge < -0.3 is 9.64 Å². The fraction of sp³-hybridized carbons (Fsp3) is 0.882. The van der Waals surface area contributed by atoms with Crippen LogP contribution in [0.4, 0.5) is 0 Å². The molecule has 21 heavy (non-hydrogen) atoms. The third kappa shape index (κ3) is 4.72. The lowest BCUT2D eigenvalue weighted by atomic mass is 9.89. The first-order chi connectivity index (χ1) is 10.2. The van der Waals surface area contributed by atoms with Gasteiger partial charge in [0, 0.05) is 19.0 Å². The van der Waals surface area contributed by atoms with Crippen LogP contribution in [-0.2, 0) is 14.3 Å². The van der Waals surface area contributed by atoms with E-state index in [1.165, 1.54) is 32.1 Å². The third-order valence-corrected chi connectivity index (χ3v) is 4.81. The van der Waals surface area contributed by atoms with Gasteiger partial charge >= 0.3 is 5.97 Å². The van der Waals surface area contributed by atoms with Gasteiger partial charge in [-0.1, -0.05) is 32.1 Å². The number of likely N-dealkylation sites (tertiary alicyclic amines) is 1. The summed E-state index contributed by atoms with van der Waals surface area (Å²) in [7, 11) is 0.